The number of amides is 1. The van der Waals surface area contributed by atoms with Crippen LogP contribution < -0.4 is 4.74 Å². The fourth-order valence-corrected chi connectivity index (χ4v) is 4.50. The first-order chi connectivity index (χ1) is 16.1. The van der Waals surface area contributed by atoms with Gasteiger partial charge in [0.05, 0.1) is 18.4 Å². The molecule has 2 aromatic carbocycles. The monoisotopic (exact) mass is 444 g/mol. The third-order valence-corrected chi connectivity index (χ3v) is 6.40. The number of likely N-dealkylation sites (tertiary alicyclic amines) is 1. The Morgan fingerprint density at radius 3 is 2.45 bits per heavy atom. The molecule has 0 N–H and O–H groups in total. The summed E-state index contributed by atoms with van der Waals surface area (Å²) < 4.78 is 21.8. The number of nitriles is 1. The molecule has 2 heterocycles. The number of methoxy groups -OCH3 is 1. The number of piperidine rings is 1. The van der Waals surface area contributed by atoms with E-state index in [0.29, 0.717) is 17.1 Å². The number of carbonyl (C=O) groups is 1. The Morgan fingerprint density at radius 1 is 1.12 bits per heavy atom. The van der Waals surface area contributed by atoms with Crippen molar-refractivity contribution in [2.75, 3.05) is 20.2 Å². The van der Waals surface area contributed by atoms with Gasteiger partial charge in [0.2, 0.25) is 0 Å². The summed E-state index contributed by atoms with van der Waals surface area (Å²) in [6.45, 7) is 1.47. The van der Waals surface area contributed by atoms with Crippen LogP contribution in [0.4, 0.5) is 4.39 Å². The maximum Gasteiger partial charge on any atom is 0.274 e. The number of hydrogen-bond acceptors (Lipinski definition) is 4. The molecule has 0 bridgehead atoms. The zero-order chi connectivity index (χ0) is 22.9. The van der Waals surface area contributed by atoms with Crippen molar-refractivity contribution in [1.82, 2.24) is 14.5 Å². The molecule has 5 rings (SSSR count). The molecule has 3 aromatic rings. The molecule has 1 aliphatic heterocycles. The van der Waals surface area contributed by atoms with E-state index < -0.39 is 5.82 Å². The standard InChI is InChI=1S/C26H25FN4O2/c1-33-21-11-9-20(10-12-21)31-24(17-5-6-17)23(26(32)30-13-3-2-4-14-30)29-25(31)18-7-8-19(16-28)22(27)15-18/h7-12,15,17H,2-6,13-14H2,1H3. The Kier molecular flexibility index (Phi) is 5.59. The molecule has 6 nitrogen and oxygen atoms in total. The van der Waals surface area contributed by atoms with Gasteiger partial charge >= 0.3 is 0 Å². The second-order valence-corrected chi connectivity index (χ2v) is 8.64. The predicted octanol–water partition coefficient (Wildman–Crippen LogP) is 5.06. The van der Waals surface area contributed by atoms with Crippen LogP contribution in [0.2, 0.25) is 0 Å². The second-order valence-electron chi connectivity index (χ2n) is 8.64. The van der Waals surface area contributed by atoms with Gasteiger partial charge in [-0.3, -0.25) is 9.36 Å². The Labute approximate surface area is 192 Å². The van der Waals surface area contributed by atoms with Gasteiger partial charge in [0.25, 0.3) is 5.91 Å². The minimum Gasteiger partial charge on any atom is -0.497 e. The maximum absolute atomic E-state index is 14.5. The van der Waals surface area contributed by atoms with Gasteiger partial charge in [0, 0.05) is 30.3 Å². The zero-order valence-electron chi connectivity index (χ0n) is 18.6. The molecule has 0 spiro atoms. The molecule has 168 valence electrons. The second kappa shape index (κ2) is 8.70. The first-order valence-corrected chi connectivity index (χ1v) is 11.4. The Morgan fingerprint density at radius 2 is 1.85 bits per heavy atom. The van der Waals surface area contributed by atoms with Crippen LogP contribution in [0.1, 0.15) is 59.8 Å². The van der Waals surface area contributed by atoms with Crippen molar-refractivity contribution >= 4 is 5.91 Å². The van der Waals surface area contributed by atoms with Gasteiger partial charge in [-0.2, -0.15) is 5.26 Å². The topological polar surface area (TPSA) is 71.1 Å². The molecule has 1 aromatic heterocycles. The van der Waals surface area contributed by atoms with Gasteiger partial charge in [-0.15, -0.1) is 0 Å². The highest BCUT2D eigenvalue weighted by molar-refractivity contribution is 5.95. The van der Waals surface area contributed by atoms with E-state index in [1.165, 1.54) is 12.1 Å². The highest BCUT2D eigenvalue weighted by Gasteiger charge is 2.37. The summed E-state index contributed by atoms with van der Waals surface area (Å²) >= 11 is 0. The molecule has 2 aliphatic rings. The predicted molar refractivity (Wildman–Crippen MR) is 122 cm³/mol. The smallest absolute Gasteiger partial charge is 0.274 e. The van der Waals surface area contributed by atoms with Gasteiger partial charge in [-0.1, -0.05) is 0 Å². The summed E-state index contributed by atoms with van der Waals surface area (Å²) in [5.74, 6) is 0.809. The average Bonchev–Trinajstić information content (AvgIpc) is 3.63. The van der Waals surface area contributed by atoms with E-state index in [4.69, 9.17) is 15.0 Å². The molecule has 7 heteroatoms. The van der Waals surface area contributed by atoms with Crippen LogP contribution in [-0.2, 0) is 0 Å². The number of imidazole rings is 1. The highest BCUT2D eigenvalue weighted by Crippen LogP contribution is 2.45. The Hall–Kier alpha value is -3.66. The third kappa shape index (κ3) is 3.97. The van der Waals surface area contributed by atoms with Crippen molar-refractivity contribution in [3.8, 4) is 28.9 Å². The molecule has 1 saturated carbocycles. The molecule has 0 radical (unpaired) electrons. The van der Waals surface area contributed by atoms with Crippen LogP contribution in [0.15, 0.2) is 42.5 Å². The first-order valence-electron chi connectivity index (χ1n) is 11.4. The molecule has 1 amide bonds. The van der Waals surface area contributed by atoms with Crippen molar-refractivity contribution in [2.45, 2.75) is 38.0 Å². The minimum atomic E-state index is -0.601. The van der Waals surface area contributed by atoms with Crippen molar-refractivity contribution < 1.29 is 13.9 Å². The molecule has 33 heavy (non-hydrogen) atoms. The summed E-state index contributed by atoms with van der Waals surface area (Å²) in [6.07, 6.45) is 5.11. The fraction of sp³-hybridized carbons (Fsp3) is 0.346. The molecule has 0 atom stereocenters. The van der Waals surface area contributed by atoms with Gasteiger partial charge in [0.15, 0.2) is 5.69 Å². The maximum atomic E-state index is 14.5. The van der Waals surface area contributed by atoms with E-state index in [1.807, 2.05) is 39.8 Å². The van der Waals surface area contributed by atoms with E-state index in [1.54, 1.807) is 13.2 Å². The molecule has 2 fully saturated rings. The summed E-state index contributed by atoms with van der Waals surface area (Å²) in [7, 11) is 1.61. The lowest BCUT2D eigenvalue weighted by molar-refractivity contribution is 0.0717. The highest BCUT2D eigenvalue weighted by atomic mass is 19.1. The molecular formula is C26H25FN4O2. The van der Waals surface area contributed by atoms with Gasteiger partial charge < -0.3 is 9.64 Å². The summed E-state index contributed by atoms with van der Waals surface area (Å²) in [6, 6.07) is 13.9. The lowest BCUT2D eigenvalue weighted by Gasteiger charge is -2.26. The van der Waals surface area contributed by atoms with E-state index in [-0.39, 0.29) is 17.4 Å². The van der Waals surface area contributed by atoms with Gasteiger partial charge in [-0.05, 0) is 74.6 Å². The largest absolute Gasteiger partial charge is 0.497 e. The minimum absolute atomic E-state index is 0.0201. The van der Waals surface area contributed by atoms with E-state index in [0.717, 1.165) is 62.3 Å². The van der Waals surface area contributed by atoms with Gasteiger partial charge in [0.1, 0.15) is 23.5 Å². The first kappa shape index (κ1) is 21.2. The van der Waals surface area contributed by atoms with Crippen molar-refractivity contribution in [3.05, 3.63) is 65.2 Å². The lowest BCUT2D eigenvalue weighted by atomic mass is 10.1. The number of hydrogen-bond donors (Lipinski definition) is 0. The van der Waals surface area contributed by atoms with Crippen molar-refractivity contribution in [3.63, 3.8) is 0 Å². The zero-order valence-corrected chi connectivity index (χ0v) is 18.6. The van der Waals surface area contributed by atoms with Crippen molar-refractivity contribution in [2.24, 2.45) is 0 Å². The fourth-order valence-electron chi connectivity index (χ4n) is 4.50. The Balaban J connectivity index is 1.70. The van der Waals surface area contributed by atoms with E-state index in [9.17, 15) is 9.18 Å². The number of benzene rings is 2. The number of rotatable bonds is 5. The molecule has 0 unspecified atom stereocenters. The summed E-state index contributed by atoms with van der Waals surface area (Å²) in [5.41, 5.74) is 2.68. The number of aromatic nitrogens is 2. The molecular weight excluding hydrogens is 419 g/mol. The van der Waals surface area contributed by atoms with Crippen LogP contribution in [0.3, 0.4) is 0 Å². The lowest BCUT2D eigenvalue weighted by Crippen LogP contribution is -2.36. The van der Waals surface area contributed by atoms with E-state index >= 15 is 0 Å². The third-order valence-electron chi connectivity index (χ3n) is 6.40. The Bertz CT molecular complexity index is 1230. The average molecular weight is 445 g/mol. The summed E-state index contributed by atoms with van der Waals surface area (Å²) in [4.78, 5) is 20.3. The quantitative estimate of drug-likeness (QED) is 0.551. The van der Waals surface area contributed by atoms with E-state index in [2.05, 4.69) is 0 Å². The SMILES string of the molecule is COc1ccc(-n2c(-c3ccc(C#N)c(F)c3)nc(C(=O)N3CCCCC3)c2C2CC2)cc1. The number of carbonyl (C=O) groups excluding carboxylic acids is 1. The molecule has 1 aliphatic carbocycles. The normalized spacial score (nSPS) is 15.8. The molecule has 1 saturated heterocycles. The van der Waals surface area contributed by atoms with Crippen molar-refractivity contribution in [1.29, 1.82) is 5.26 Å². The number of nitrogens with zero attached hydrogens (tertiary/aromatic N) is 4. The van der Waals surface area contributed by atoms with Crippen LogP contribution in [0, 0.1) is 17.1 Å². The van der Waals surface area contributed by atoms with Crippen LogP contribution in [-0.4, -0.2) is 40.6 Å². The van der Waals surface area contributed by atoms with Crippen LogP contribution in [0.25, 0.3) is 17.1 Å². The number of ether oxygens (including phenoxy) is 1. The van der Waals surface area contributed by atoms with Crippen LogP contribution >= 0.6 is 0 Å². The van der Waals surface area contributed by atoms with Gasteiger partial charge in [-0.25, -0.2) is 9.37 Å². The summed E-state index contributed by atoms with van der Waals surface area (Å²) in [5, 5.41) is 9.14. The van der Waals surface area contributed by atoms with Crippen LogP contribution in [0.5, 0.6) is 5.75 Å². The number of halogens is 1.